The number of aliphatic hydroxyl groups is 1. The summed E-state index contributed by atoms with van der Waals surface area (Å²) in [5.74, 6) is -3.48. The lowest BCUT2D eigenvalue weighted by molar-refractivity contribution is -0.203. The maximum absolute atomic E-state index is 12.8. The molecule has 5 N–H and O–H groups in total. The molecule has 276 valence electrons. The number of carbonyl (C=O) groups is 5. The molecule has 3 unspecified atom stereocenters. The number of carboxylic acid groups (broad SMARTS) is 1. The highest BCUT2D eigenvalue weighted by Crippen LogP contribution is 2.29. The molecule has 4 amide bonds. The van der Waals surface area contributed by atoms with E-state index in [4.69, 9.17) is 18.9 Å². The summed E-state index contributed by atoms with van der Waals surface area (Å²) in [4.78, 5) is 60.9. The first kappa shape index (κ1) is 39.9. The van der Waals surface area contributed by atoms with E-state index in [2.05, 4.69) is 17.2 Å². The van der Waals surface area contributed by atoms with Crippen molar-refractivity contribution in [3.63, 3.8) is 0 Å². The number of hydrogen-bond acceptors (Lipinski definition) is 12. The Balaban J connectivity index is 1.48. The predicted octanol–water partition coefficient (Wildman–Crippen LogP) is 0.809. The number of imide groups is 1. The highest BCUT2D eigenvalue weighted by atomic mass is 32.2. The third-order valence-corrected chi connectivity index (χ3v) is 8.22. The molecule has 0 saturated carbocycles. The van der Waals surface area contributed by atoms with Crippen LogP contribution < -0.4 is 20.1 Å². The van der Waals surface area contributed by atoms with Gasteiger partial charge in [-0.3, -0.25) is 28.6 Å². The van der Waals surface area contributed by atoms with E-state index in [1.54, 1.807) is 25.1 Å². The molecule has 0 aliphatic carbocycles. The van der Waals surface area contributed by atoms with Gasteiger partial charge in [-0.15, -0.1) is 0 Å². The third-order valence-electron chi connectivity index (χ3n) is 7.46. The van der Waals surface area contributed by atoms with Crippen molar-refractivity contribution in [1.29, 1.82) is 0 Å². The van der Waals surface area contributed by atoms with Gasteiger partial charge in [-0.2, -0.15) is 8.42 Å². The van der Waals surface area contributed by atoms with E-state index >= 15 is 0 Å². The van der Waals surface area contributed by atoms with E-state index in [0.29, 0.717) is 42.1 Å². The monoisotopic (exact) mass is 725 g/mol. The second-order valence-electron chi connectivity index (χ2n) is 11.7. The van der Waals surface area contributed by atoms with Crippen molar-refractivity contribution < 1.29 is 66.1 Å². The first-order valence-corrected chi connectivity index (χ1v) is 17.6. The number of aliphatic carboxylic acids is 1. The molecule has 4 atom stereocenters. The van der Waals surface area contributed by atoms with E-state index < -0.39 is 70.0 Å². The van der Waals surface area contributed by atoms with Crippen molar-refractivity contribution >= 4 is 39.7 Å². The minimum Gasteiger partial charge on any atom is -0.494 e. The summed E-state index contributed by atoms with van der Waals surface area (Å²) in [5.41, 5.74) is 0.624. The highest BCUT2D eigenvalue weighted by molar-refractivity contribution is 7.85. The van der Waals surface area contributed by atoms with Crippen LogP contribution in [0.3, 0.4) is 0 Å². The molecule has 50 heavy (non-hydrogen) atoms. The van der Waals surface area contributed by atoms with Crippen molar-refractivity contribution in [2.75, 3.05) is 25.4 Å². The number of hydrogen-bond donors (Lipinski definition) is 5. The number of carbonyl (C=O) groups excluding carboxylic acids is 4. The van der Waals surface area contributed by atoms with Crippen LogP contribution in [0, 0.1) is 0 Å². The Hall–Kier alpha value is -4.52. The maximum atomic E-state index is 12.8. The Kier molecular flexibility index (Phi) is 15.2. The lowest BCUT2D eigenvalue weighted by Crippen LogP contribution is -2.50. The normalized spacial score (nSPS) is 19.5. The Morgan fingerprint density at radius 3 is 2.48 bits per heavy atom. The zero-order valence-electron chi connectivity index (χ0n) is 27.6. The number of carboxylic acids is 1. The number of nitrogens with zero attached hydrogens (tertiary/aromatic N) is 1. The van der Waals surface area contributed by atoms with Gasteiger partial charge in [0.25, 0.3) is 21.9 Å². The fourth-order valence-electron chi connectivity index (χ4n) is 4.94. The molecule has 1 fully saturated rings. The van der Waals surface area contributed by atoms with E-state index in [-0.39, 0.29) is 52.0 Å². The van der Waals surface area contributed by atoms with Crippen molar-refractivity contribution in [3.8, 4) is 11.5 Å². The van der Waals surface area contributed by atoms with Crippen LogP contribution in [-0.4, -0.2) is 108 Å². The summed E-state index contributed by atoms with van der Waals surface area (Å²) in [6.45, 7) is 5.77. The molecule has 1 saturated heterocycles. The minimum absolute atomic E-state index is 0.0160. The predicted molar refractivity (Wildman–Crippen MR) is 174 cm³/mol. The van der Waals surface area contributed by atoms with Gasteiger partial charge in [0.05, 0.1) is 18.5 Å². The van der Waals surface area contributed by atoms with Crippen LogP contribution in [-0.2, 0) is 50.2 Å². The SMILES string of the molecule is C=C(C)OCc1ccc(OC2CC[C@H](O)C(C(=O)O)O2)cc1OCCCNC(=O)C(CS(=O)(=O)O)NC(=O)CCCCCN1C(=O)C=CC1=O. The summed E-state index contributed by atoms with van der Waals surface area (Å²) >= 11 is 0. The molecular formula is C32H43N3O14S. The zero-order valence-corrected chi connectivity index (χ0v) is 28.4. The van der Waals surface area contributed by atoms with Crippen molar-refractivity contribution in [1.82, 2.24) is 15.5 Å². The molecule has 2 aliphatic heterocycles. The zero-order chi connectivity index (χ0) is 36.8. The first-order chi connectivity index (χ1) is 23.6. The summed E-state index contributed by atoms with van der Waals surface area (Å²) in [7, 11) is -4.63. The van der Waals surface area contributed by atoms with Gasteiger partial charge in [0.2, 0.25) is 18.1 Å². The van der Waals surface area contributed by atoms with Crippen molar-refractivity contribution in [3.05, 3.63) is 48.3 Å². The Morgan fingerprint density at radius 1 is 1.10 bits per heavy atom. The average Bonchev–Trinajstić information content (AvgIpc) is 3.36. The smallest absolute Gasteiger partial charge is 0.335 e. The second-order valence-corrected chi connectivity index (χ2v) is 13.2. The average molecular weight is 726 g/mol. The number of amides is 4. The molecule has 17 nitrogen and oxygen atoms in total. The van der Waals surface area contributed by atoms with Gasteiger partial charge in [0, 0.05) is 49.7 Å². The molecule has 1 aromatic carbocycles. The largest absolute Gasteiger partial charge is 0.494 e. The lowest BCUT2D eigenvalue weighted by Gasteiger charge is -2.31. The van der Waals surface area contributed by atoms with Crippen LogP contribution in [0.2, 0.25) is 0 Å². The Bertz CT molecular complexity index is 1530. The van der Waals surface area contributed by atoms with Crippen LogP contribution in [0.25, 0.3) is 0 Å². The quantitative estimate of drug-likeness (QED) is 0.0510. The van der Waals surface area contributed by atoms with Gasteiger partial charge in [0.1, 0.15) is 29.9 Å². The van der Waals surface area contributed by atoms with Crippen molar-refractivity contribution in [2.24, 2.45) is 0 Å². The van der Waals surface area contributed by atoms with Crippen LogP contribution >= 0.6 is 0 Å². The number of benzene rings is 1. The fraction of sp³-hybridized carbons (Fsp3) is 0.531. The molecule has 0 aromatic heterocycles. The van der Waals surface area contributed by atoms with Gasteiger partial charge < -0.3 is 39.8 Å². The summed E-state index contributed by atoms with van der Waals surface area (Å²) in [5, 5.41) is 24.0. The van der Waals surface area contributed by atoms with E-state index in [1.165, 1.54) is 12.2 Å². The molecular weight excluding hydrogens is 682 g/mol. The molecule has 2 heterocycles. The Morgan fingerprint density at radius 2 is 1.82 bits per heavy atom. The van der Waals surface area contributed by atoms with Gasteiger partial charge in [0.15, 0.2) is 6.10 Å². The number of nitrogens with one attached hydrogen (secondary N) is 2. The molecule has 3 rings (SSSR count). The van der Waals surface area contributed by atoms with Crippen LogP contribution in [0.15, 0.2) is 42.7 Å². The van der Waals surface area contributed by atoms with Crippen molar-refractivity contribution in [2.45, 2.75) is 83.0 Å². The molecule has 0 radical (unpaired) electrons. The lowest BCUT2D eigenvalue weighted by atomic mass is 10.1. The fourth-order valence-corrected chi connectivity index (χ4v) is 5.59. The van der Waals surface area contributed by atoms with Crippen LogP contribution in [0.1, 0.15) is 57.4 Å². The second kappa shape index (κ2) is 19.0. The molecule has 0 bridgehead atoms. The minimum atomic E-state index is -4.63. The molecule has 0 spiro atoms. The maximum Gasteiger partial charge on any atom is 0.335 e. The third kappa shape index (κ3) is 13.4. The summed E-state index contributed by atoms with van der Waals surface area (Å²) in [6.07, 6.45) is 0.744. The van der Waals surface area contributed by atoms with Gasteiger partial charge >= 0.3 is 5.97 Å². The van der Waals surface area contributed by atoms with Gasteiger partial charge in [-0.05, 0) is 44.7 Å². The van der Waals surface area contributed by atoms with Crippen LogP contribution in [0.4, 0.5) is 0 Å². The van der Waals surface area contributed by atoms with E-state index in [1.807, 2.05) is 0 Å². The standard InChI is InChI=1S/C32H43N3O14S/c1-20(2)47-18-21-8-9-22(48-29-13-10-24(36)30(49-29)32(41)42)17-25(21)46-16-6-14-33-31(40)23(19-50(43,44)45)34-26(37)7-4-3-5-15-35-27(38)11-12-28(35)39/h8-9,11-12,17,23-24,29-30,36H,1,3-7,10,13-16,18-19H2,2H3,(H,33,40)(H,34,37)(H,41,42)(H,43,44,45)/t23?,24-,29?,30?/m0/s1. The summed E-state index contributed by atoms with van der Waals surface area (Å²) in [6, 6.07) is 3.29. The van der Waals surface area contributed by atoms with E-state index in [0.717, 1.165) is 4.90 Å². The number of unbranched alkanes of at least 4 members (excludes halogenated alkanes) is 2. The Labute approximate surface area is 289 Å². The summed E-state index contributed by atoms with van der Waals surface area (Å²) < 4.78 is 55.0. The number of allylic oxidation sites excluding steroid dienone is 1. The molecule has 18 heteroatoms. The number of rotatable bonds is 21. The van der Waals surface area contributed by atoms with E-state index in [9.17, 15) is 47.2 Å². The highest BCUT2D eigenvalue weighted by Gasteiger charge is 2.36. The molecule has 2 aliphatic rings. The first-order valence-electron chi connectivity index (χ1n) is 16.0. The van der Waals surface area contributed by atoms with Crippen LogP contribution in [0.5, 0.6) is 11.5 Å². The topological polar surface area (TPSA) is 244 Å². The number of aliphatic hydroxyl groups excluding tert-OH is 1. The van der Waals surface area contributed by atoms with Gasteiger partial charge in [-0.25, -0.2) is 4.79 Å². The molecule has 1 aromatic rings. The number of ether oxygens (including phenoxy) is 4. The van der Waals surface area contributed by atoms with Gasteiger partial charge in [-0.1, -0.05) is 13.0 Å².